The normalized spacial score (nSPS) is 11.6. The predicted octanol–water partition coefficient (Wildman–Crippen LogP) is 20.6. The maximum absolute atomic E-state index is 6.99. The van der Waals surface area contributed by atoms with Crippen molar-refractivity contribution in [2.24, 2.45) is 0 Å². The second-order valence-corrected chi connectivity index (χ2v) is 27.4. The van der Waals surface area contributed by atoms with Gasteiger partial charge < -0.3 is 28.4 Å². The van der Waals surface area contributed by atoms with Crippen molar-refractivity contribution in [2.45, 2.75) is 248 Å². The fraction of sp³-hybridized carbons (Fsp3) is 0.525. The van der Waals surface area contributed by atoms with E-state index in [9.17, 15) is 0 Å². The Kier molecular flexibility index (Phi) is 27.5. The van der Waals surface area contributed by atoms with Gasteiger partial charge in [-0.05, 0) is 106 Å². The third kappa shape index (κ3) is 22.4. The van der Waals surface area contributed by atoms with E-state index in [1.54, 1.807) is 0 Å². The van der Waals surface area contributed by atoms with Gasteiger partial charge in [0.2, 0.25) is 0 Å². The molecule has 0 heterocycles. The summed E-state index contributed by atoms with van der Waals surface area (Å²) in [6.45, 7) is 38.4. The molecule has 6 heteroatoms. The van der Waals surface area contributed by atoms with Gasteiger partial charge in [-0.1, -0.05) is 235 Å². The van der Waals surface area contributed by atoms with Gasteiger partial charge in [-0.2, -0.15) is 0 Å². The molecule has 0 unspecified atom stereocenters. The average Bonchev–Trinajstić information content (AvgIpc) is 2.84. The topological polar surface area (TPSA) is 55.4 Å². The van der Waals surface area contributed by atoms with Crippen LogP contribution in [0.25, 0.3) is 0 Å². The van der Waals surface area contributed by atoms with E-state index in [2.05, 4.69) is 195 Å². The summed E-state index contributed by atoms with van der Waals surface area (Å²) in [5.41, 5.74) is 10.3. The molecule has 5 aromatic carbocycles. The first-order valence-corrected chi connectivity index (χ1v) is 32.5. The van der Waals surface area contributed by atoms with Crippen LogP contribution in [-0.2, 0) is 34.9 Å². The summed E-state index contributed by atoms with van der Waals surface area (Å²) >= 11 is 0. The van der Waals surface area contributed by atoms with E-state index < -0.39 is 0 Å². The van der Waals surface area contributed by atoms with Gasteiger partial charge in [0, 0.05) is 46.5 Å². The highest BCUT2D eigenvalue weighted by molar-refractivity contribution is 5.63. The van der Waals surface area contributed by atoms with Crippen LogP contribution in [0, 0.1) is 48.4 Å². The smallest absolute Gasteiger partial charge is 0.136 e. The minimum Gasteiger partial charge on any atom is -0.492 e. The first kappa shape index (κ1) is 69.9. The molecular formula is C80H106O6. The molecule has 462 valence electrons. The molecule has 0 fully saturated rings. The molecule has 0 spiro atoms. The SMILES string of the molecule is C#Cc1cc(OCCCCCC)c(C#Cc2cc(COc3cc(C(C)(C)C)cc(C(C)(C)C)c3)c(C#Cc3cc(OCCCCCC)c(C#C)cc3OCCCCCC)cc2COc2cc(C(C)(C)C)cc(C(C)(C)C)c2)cc1OCCCCCC. The van der Waals surface area contributed by atoms with Crippen LogP contribution in [0.5, 0.6) is 34.5 Å². The minimum atomic E-state index is -0.111. The maximum atomic E-state index is 6.99. The van der Waals surface area contributed by atoms with Gasteiger partial charge in [-0.25, -0.2) is 0 Å². The maximum Gasteiger partial charge on any atom is 0.136 e. The standard InChI is InChI=1S/C80H106O6/c1-19-25-29-33-41-81-73-49-63(75(47-59(73)23-5)83-43-35-31-27-21-3)39-37-61-45-66(58-86-72-55-69(79(13,14)15)52-70(56-72)80(16,17)18)62(46-65(61)57-85-71-53-67(77(7,8)9)51-68(54-71)78(10,11)12)38-40-64-50-74(82-42-34-30-26-20-2)60(24-6)48-76(64)84-44-36-32-28-22-4/h5-6,45-56H,19-22,25-36,41-44,57-58H2,1-4,7-18H3. The first-order valence-electron chi connectivity index (χ1n) is 32.5. The first-order chi connectivity index (χ1) is 40.9. The molecule has 0 aliphatic heterocycles. The molecule has 0 atom stereocenters. The third-order valence-corrected chi connectivity index (χ3v) is 15.6. The molecule has 5 rings (SSSR count). The lowest BCUT2D eigenvalue weighted by Crippen LogP contribution is -2.17. The lowest BCUT2D eigenvalue weighted by molar-refractivity contribution is 0.295. The number of terminal acetylenes is 2. The highest BCUT2D eigenvalue weighted by Crippen LogP contribution is 2.37. The van der Waals surface area contributed by atoms with Crippen molar-refractivity contribution < 1.29 is 28.4 Å². The summed E-state index contributed by atoms with van der Waals surface area (Å²) in [5, 5.41) is 0. The Labute approximate surface area is 523 Å². The summed E-state index contributed by atoms with van der Waals surface area (Å²) in [6.07, 6.45) is 29.6. The zero-order valence-corrected chi connectivity index (χ0v) is 56.1. The fourth-order valence-corrected chi connectivity index (χ4v) is 9.71. The number of unbranched alkanes of at least 4 members (excludes halogenated alkanes) is 12. The molecule has 0 bridgehead atoms. The molecule has 6 nitrogen and oxygen atoms in total. The van der Waals surface area contributed by atoms with E-state index in [-0.39, 0.29) is 34.9 Å². The lowest BCUT2D eigenvalue weighted by Gasteiger charge is -2.26. The summed E-state index contributed by atoms with van der Waals surface area (Å²) in [5.74, 6) is 24.3. The largest absolute Gasteiger partial charge is 0.492 e. The number of rotatable bonds is 30. The zero-order valence-electron chi connectivity index (χ0n) is 56.1. The van der Waals surface area contributed by atoms with E-state index in [1.807, 2.05) is 24.3 Å². The second kappa shape index (κ2) is 33.9. The van der Waals surface area contributed by atoms with Gasteiger partial charge in [0.1, 0.15) is 47.7 Å². The second-order valence-electron chi connectivity index (χ2n) is 27.4. The summed E-state index contributed by atoms with van der Waals surface area (Å²) in [6, 6.07) is 25.3. The van der Waals surface area contributed by atoms with Gasteiger partial charge in [0.25, 0.3) is 0 Å². The van der Waals surface area contributed by atoms with Crippen LogP contribution >= 0.6 is 0 Å². The van der Waals surface area contributed by atoms with Crippen molar-refractivity contribution in [1.29, 1.82) is 0 Å². The van der Waals surface area contributed by atoms with Gasteiger partial charge in [0.15, 0.2) is 0 Å². The molecule has 5 aromatic rings. The minimum absolute atomic E-state index is 0.111. The van der Waals surface area contributed by atoms with E-state index >= 15 is 0 Å². The van der Waals surface area contributed by atoms with Crippen molar-refractivity contribution in [1.82, 2.24) is 0 Å². The molecule has 86 heavy (non-hydrogen) atoms. The molecule has 0 amide bonds. The van der Waals surface area contributed by atoms with Crippen molar-refractivity contribution in [3.63, 3.8) is 0 Å². The number of hydrogen-bond acceptors (Lipinski definition) is 6. The van der Waals surface area contributed by atoms with E-state index in [1.165, 1.54) is 22.3 Å². The lowest BCUT2D eigenvalue weighted by atomic mass is 9.80. The molecule has 0 aliphatic rings. The van der Waals surface area contributed by atoms with Crippen molar-refractivity contribution in [3.05, 3.63) is 140 Å². The fourth-order valence-electron chi connectivity index (χ4n) is 9.71. The average molecular weight is 1160 g/mol. The Hall–Kier alpha value is -6.86. The highest BCUT2D eigenvalue weighted by atomic mass is 16.5. The van der Waals surface area contributed by atoms with Crippen LogP contribution in [0.2, 0.25) is 0 Å². The number of ether oxygens (including phenoxy) is 6. The monoisotopic (exact) mass is 1160 g/mol. The van der Waals surface area contributed by atoms with Crippen LogP contribution in [0.4, 0.5) is 0 Å². The van der Waals surface area contributed by atoms with Crippen molar-refractivity contribution >= 4 is 0 Å². The van der Waals surface area contributed by atoms with Crippen molar-refractivity contribution in [3.8, 4) is 82.9 Å². The summed E-state index contributed by atoms with van der Waals surface area (Å²) in [7, 11) is 0. The molecule has 0 saturated carbocycles. The molecule has 0 radical (unpaired) electrons. The van der Waals surface area contributed by atoms with Crippen LogP contribution in [0.15, 0.2) is 72.8 Å². The number of benzene rings is 5. The molecular weight excluding hydrogens is 1060 g/mol. The molecule has 0 aliphatic carbocycles. The van der Waals surface area contributed by atoms with Crippen LogP contribution in [0.3, 0.4) is 0 Å². The molecule has 0 saturated heterocycles. The van der Waals surface area contributed by atoms with Crippen LogP contribution in [-0.4, -0.2) is 26.4 Å². The Bertz CT molecular complexity index is 2900. The molecule has 0 N–H and O–H groups in total. The third-order valence-electron chi connectivity index (χ3n) is 15.6. The highest BCUT2D eigenvalue weighted by Gasteiger charge is 2.24. The van der Waals surface area contributed by atoms with Gasteiger partial charge in [-0.3, -0.25) is 0 Å². The Morgan fingerprint density at radius 1 is 0.291 bits per heavy atom. The Balaban J connectivity index is 1.82. The van der Waals surface area contributed by atoms with E-state index in [0.717, 1.165) is 136 Å². The van der Waals surface area contributed by atoms with E-state index in [0.29, 0.717) is 71.7 Å². The van der Waals surface area contributed by atoms with Crippen molar-refractivity contribution in [2.75, 3.05) is 26.4 Å². The van der Waals surface area contributed by atoms with Crippen LogP contribution in [0.1, 0.15) is 280 Å². The molecule has 0 aromatic heterocycles. The zero-order chi connectivity index (χ0) is 62.9. The van der Waals surface area contributed by atoms with Gasteiger partial charge >= 0.3 is 0 Å². The Morgan fingerprint density at radius 3 is 0.802 bits per heavy atom. The summed E-state index contributed by atoms with van der Waals surface area (Å²) < 4.78 is 40.0. The predicted molar refractivity (Wildman–Crippen MR) is 362 cm³/mol. The quantitative estimate of drug-likeness (QED) is 0.0337. The van der Waals surface area contributed by atoms with Gasteiger partial charge in [0.05, 0.1) is 48.7 Å². The van der Waals surface area contributed by atoms with Gasteiger partial charge in [-0.15, -0.1) is 12.8 Å². The van der Waals surface area contributed by atoms with E-state index in [4.69, 9.17) is 41.3 Å². The van der Waals surface area contributed by atoms with Crippen LogP contribution < -0.4 is 28.4 Å². The number of hydrogen-bond donors (Lipinski definition) is 0. The summed E-state index contributed by atoms with van der Waals surface area (Å²) in [4.78, 5) is 0. The Morgan fingerprint density at radius 2 is 0.547 bits per heavy atom.